The Morgan fingerprint density at radius 3 is 2.32 bits per heavy atom. The lowest BCUT2D eigenvalue weighted by Crippen LogP contribution is -2.51. The minimum atomic E-state index is -0.0609. The van der Waals surface area contributed by atoms with E-state index in [1.165, 1.54) is 19.3 Å². The van der Waals surface area contributed by atoms with Crippen LogP contribution in [-0.4, -0.2) is 47.9 Å². The van der Waals surface area contributed by atoms with Gasteiger partial charge in [-0.2, -0.15) is 0 Å². The van der Waals surface area contributed by atoms with E-state index in [0.29, 0.717) is 19.1 Å². The number of likely N-dealkylation sites (tertiary alicyclic amines) is 1. The van der Waals surface area contributed by atoms with Crippen molar-refractivity contribution in [1.29, 1.82) is 0 Å². The van der Waals surface area contributed by atoms with Crippen molar-refractivity contribution in [2.75, 3.05) is 24.2 Å². The molecule has 1 saturated heterocycles. The number of carbonyl (C=O) groups excluding carboxylic acids is 2. The van der Waals surface area contributed by atoms with Gasteiger partial charge >= 0.3 is 12.1 Å². The van der Waals surface area contributed by atoms with Gasteiger partial charge < -0.3 is 20.9 Å². The quantitative estimate of drug-likeness (QED) is 0.636. The zero-order valence-electron chi connectivity index (χ0n) is 16.7. The van der Waals surface area contributed by atoms with Gasteiger partial charge in [-0.05, 0) is 43.6 Å². The number of thioether (sulfide) groups is 1. The first-order chi connectivity index (χ1) is 13.7. The van der Waals surface area contributed by atoms with Crippen molar-refractivity contribution in [2.24, 2.45) is 0 Å². The predicted octanol–water partition coefficient (Wildman–Crippen LogP) is 4.43. The summed E-state index contributed by atoms with van der Waals surface area (Å²) in [6.45, 7) is 3.41. The van der Waals surface area contributed by atoms with E-state index in [-0.39, 0.29) is 18.1 Å². The van der Waals surface area contributed by atoms with Crippen LogP contribution in [0.5, 0.6) is 0 Å². The van der Waals surface area contributed by atoms with Gasteiger partial charge in [0.25, 0.3) is 0 Å². The average Bonchev–Trinajstić information content (AvgIpc) is 2.71. The Bertz CT molecular complexity index is 656. The molecule has 3 rings (SSSR count). The smallest absolute Gasteiger partial charge is 0.321 e. The summed E-state index contributed by atoms with van der Waals surface area (Å²) >= 11 is 1.72. The third kappa shape index (κ3) is 6.06. The number of hydrogen-bond acceptors (Lipinski definition) is 3. The molecule has 2 aliphatic rings. The number of urea groups is 2. The zero-order valence-corrected chi connectivity index (χ0v) is 17.5. The topological polar surface area (TPSA) is 73.5 Å². The average molecular weight is 405 g/mol. The van der Waals surface area contributed by atoms with Crippen molar-refractivity contribution < 1.29 is 9.59 Å². The van der Waals surface area contributed by atoms with Crippen molar-refractivity contribution in [3.05, 3.63) is 24.3 Å². The van der Waals surface area contributed by atoms with Crippen molar-refractivity contribution >= 4 is 29.5 Å². The van der Waals surface area contributed by atoms with Gasteiger partial charge in [-0.25, -0.2) is 9.59 Å². The number of amides is 4. The van der Waals surface area contributed by atoms with Gasteiger partial charge in [0.1, 0.15) is 0 Å². The maximum Gasteiger partial charge on any atom is 0.321 e. The van der Waals surface area contributed by atoms with Crippen molar-refractivity contribution in [2.45, 2.75) is 68.8 Å². The van der Waals surface area contributed by atoms with E-state index in [1.54, 1.807) is 11.8 Å². The van der Waals surface area contributed by atoms with E-state index in [9.17, 15) is 9.59 Å². The highest BCUT2D eigenvalue weighted by Gasteiger charge is 2.25. The van der Waals surface area contributed by atoms with Gasteiger partial charge in [0, 0.05) is 30.1 Å². The normalized spacial score (nSPS) is 18.5. The molecule has 1 aromatic rings. The Balaban J connectivity index is 1.42. The van der Waals surface area contributed by atoms with Crippen LogP contribution in [0.25, 0.3) is 0 Å². The van der Waals surface area contributed by atoms with Crippen LogP contribution in [0.15, 0.2) is 29.2 Å². The molecule has 6 nitrogen and oxygen atoms in total. The summed E-state index contributed by atoms with van der Waals surface area (Å²) in [4.78, 5) is 27.8. The molecule has 28 heavy (non-hydrogen) atoms. The molecular weight excluding hydrogens is 372 g/mol. The minimum absolute atomic E-state index is 0.0553. The first-order valence-electron chi connectivity index (χ1n) is 10.5. The van der Waals surface area contributed by atoms with E-state index in [0.717, 1.165) is 42.0 Å². The molecule has 0 atom stereocenters. The lowest BCUT2D eigenvalue weighted by Gasteiger charge is -2.33. The molecule has 3 N–H and O–H groups in total. The number of anilines is 1. The first kappa shape index (κ1) is 20.8. The molecule has 0 aromatic heterocycles. The fourth-order valence-electron chi connectivity index (χ4n) is 3.93. The highest BCUT2D eigenvalue weighted by Crippen LogP contribution is 2.27. The number of rotatable bonds is 5. The number of piperidine rings is 1. The second kappa shape index (κ2) is 10.6. The standard InChI is InChI=1S/C21H32N4O2S/c1-2-28-19-11-7-6-10-18(19)24-21(27)25-14-12-17(13-15-25)23-20(26)22-16-8-4-3-5-9-16/h6-7,10-11,16-17H,2-5,8-9,12-15H2,1H3,(H,24,27)(H2,22,23,26). The van der Waals surface area contributed by atoms with Crippen LogP contribution >= 0.6 is 11.8 Å². The summed E-state index contributed by atoms with van der Waals surface area (Å²) in [6.07, 6.45) is 7.44. The van der Waals surface area contributed by atoms with Crippen LogP contribution in [0.1, 0.15) is 51.9 Å². The number of carbonyl (C=O) groups is 2. The maximum absolute atomic E-state index is 12.6. The second-order valence-electron chi connectivity index (χ2n) is 7.57. The Kier molecular flexibility index (Phi) is 7.89. The van der Waals surface area contributed by atoms with Gasteiger partial charge in [-0.3, -0.25) is 0 Å². The summed E-state index contributed by atoms with van der Waals surface area (Å²) in [7, 11) is 0. The SMILES string of the molecule is CCSc1ccccc1NC(=O)N1CCC(NC(=O)NC2CCCCC2)CC1. The summed E-state index contributed by atoms with van der Waals surface area (Å²) in [5.74, 6) is 0.965. The van der Waals surface area contributed by atoms with Crippen LogP contribution in [0.2, 0.25) is 0 Å². The lowest BCUT2D eigenvalue weighted by atomic mass is 9.96. The third-order valence-electron chi connectivity index (χ3n) is 5.49. The monoisotopic (exact) mass is 404 g/mol. The molecule has 1 aromatic carbocycles. The Morgan fingerprint density at radius 1 is 1.00 bits per heavy atom. The molecule has 1 heterocycles. The van der Waals surface area contributed by atoms with Crippen LogP contribution in [-0.2, 0) is 0 Å². The van der Waals surface area contributed by atoms with E-state index in [4.69, 9.17) is 0 Å². The van der Waals surface area contributed by atoms with Gasteiger partial charge in [0.05, 0.1) is 5.69 Å². The van der Waals surface area contributed by atoms with Gasteiger partial charge in [-0.1, -0.05) is 38.3 Å². The number of para-hydroxylation sites is 1. The van der Waals surface area contributed by atoms with Crippen LogP contribution in [0.4, 0.5) is 15.3 Å². The molecule has 1 aliphatic heterocycles. The highest BCUT2D eigenvalue weighted by atomic mass is 32.2. The highest BCUT2D eigenvalue weighted by molar-refractivity contribution is 7.99. The molecule has 154 valence electrons. The Hall–Kier alpha value is -1.89. The summed E-state index contributed by atoms with van der Waals surface area (Å²) in [6, 6.07) is 8.25. The second-order valence-corrected chi connectivity index (χ2v) is 8.88. The number of nitrogens with zero attached hydrogens (tertiary/aromatic N) is 1. The molecule has 0 unspecified atom stereocenters. The van der Waals surface area contributed by atoms with Crippen molar-refractivity contribution in [3.8, 4) is 0 Å². The lowest BCUT2D eigenvalue weighted by molar-refractivity contribution is 0.186. The minimum Gasteiger partial charge on any atom is -0.335 e. The Morgan fingerprint density at radius 2 is 1.64 bits per heavy atom. The maximum atomic E-state index is 12.6. The van der Waals surface area contributed by atoms with Crippen LogP contribution in [0.3, 0.4) is 0 Å². The first-order valence-corrected chi connectivity index (χ1v) is 11.5. The molecule has 4 amide bonds. The van der Waals surface area contributed by atoms with Gasteiger partial charge in [0.15, 0.2) is 0 Å². The van der Waals surface area contributed by atoms with E-state index in [2.05, 4.69) is 22.9 Å². The molecule has 7 heteroatoms. The molecule has 0 spiro atoms. The fourth-order valence-corrected chi connectivity index (χ4v) is 4.69. The fraction of sp³-hybridized carbons (Fsp3) is 0.619. The van der Waals surface area contributed by atoms with E-state index >= 15 is 0 Å². The molecular formula is C21H32N4O2S. The van der Waals surface area contributed by atoms with E-state index < -0.39 is 0 Å². The number of hydrogen-bond donors (Lipinski definition) is 3. The number of benzene rings is 1. The largest absolute Gasteiger partial charge is 0.335 e. The predicted molar refractivity (Wildman–Crippen MR) is 115 cm³/mol. The van der Waals surface area contributed by atoms with Gasteiger partial charge in [0.2, 0.25) is 0 Å². The molecule has 0 radical (unpaired) electrons. The third-order valence-corrected chi connectivity index (χ3v) is 6.44. The van der Waals surface area contributed by atoms with Crippen molar-refractivity contribution in [1.82, 2.24) is 15.5 Å². The summed E-state index contributed by atoms with van der Waals surface area (Å²) in [5.41, 5.74) is 0.867. The molecule has 0 bridgehead atoms. The zero-order chi connectivity index (χ0) is 19.8. The molecule has 1 saturated carbocycles. The summed E-state index contributed by atoms with van der Waals surface area (Å²) < 4.78 is 0. The van der Waals surface area contributed by atoms with Crippen LogP contribution < -0.4 is 16.0 Å². The molecule has 2 fully saturated rings. The number of nitrogens with one attached hydrogen (secondary N) is 3. The molecule has 1 aliphatic carbocycles. The van der Waals surface area contributed by atoms with Gasteiger partial charge in [-0.15, -0.1) is 11.8 Å². The van der Waals surface area contributed by atoms with Crippen molar-refractivity contribution in [3.63, 3.8) is 0 Å². The van der Waals surface area contributed by atoms with Crippen LogP contribution in [0, 0.1) is 0 Å². The van der Waals surface area contributed by atoms with E-state index in [1.807, 2.05) is 29.2 Å². The summed E-state index contributed by atoms with van der Waals surface area (Å²) in [5, 5.41) is 9.24. The Labute approximate surface area is 172 Å².